The van der Waals surface area contributed by atoms with Gasteiger partial charge >= 0.3 is 6.09 Å². The minimum absolute atomic E-state index is 0.210. The number of likely N-dealkylation sites (tertiary alicyclic amines) is 1. The van der Waals surface area contributed by atoms with Crippen LogP contribution in [-0.4, -0.2) is 90.0 Å². The molecule has 4 heterocycles. The summed E-state index contributed by atoms with van der Waals surface area (Å²) in [5.41, 5.74) is 4.23. The largest absolute Gasteiger partial charge is 0.474 e. The predicted octanol–water partition coefficient (Wildman–Crippen LogP) is 7.18. The molecule has 10 heteroatoms. The van der Waals surface area contributed by atoms with Gasteiger partial charge in [0.15, 0.2) is 0 Å². The third-order valence-electron chi connectivity index (χ3n) is 8.53. The SMILES string of the molecule is COCCCOCCOC1CCN(C(=O)OC(C)(C)C)CC1.Cn1c2ccncc2c2ccc(-c3ccc(OC4CCC4)nc3)cc21. The summed E-state index contributed by atoms with van der Waals surface area (Å²) in [5.74, 6) is 0.727. The fourth-order valence-corrected chi connectivity index (χ4v) is 5.73. The van der Waals surface area contributed by atoms with Crippen molar-refractivity contribution >= 4 is 27.9 Å². The summed E-state index contributed by atoms with van der Waals surface area (Å²) in [6, 6.07) is 12.7. The molecule has 0 spiro atoms. The van der Waals surface area contributed by atoms with Crippen molar-refractivity contribution in [2.24, 2.45) is 7.05 Å². The first-order valence-electron chi connectivity index (χ1n) is 16.8. The first kappa shape index (κ1) is 34.6. The number of aryl methyl sites for hydroxylation is 1. The topological polar surface area (TPSA) is 97.2 Å². The van der Waals surface area contributed by atoms with Gasteiger partial charge in [-0.2, -0.15) is 0 Å². The van der Waals surface area contributed by atoms with Gasteiger partial charge in [0.1, 0.15) is 11.7 Å². The summed E-state index contributed by atoms with van der Waals surface area (Å²) in [4.78, 5) is 22.4. The summed E-state index contributed by atoms with van der Waals surface area (Å²) < 4.78 is 29.6. The van der Waals surface area contributed by atoms with E-state index in [2.05, 4.69) is 51.9 Å². The van der Waals surface area contributed by atoms with Crippen LogP contribution >= 0.6 is 0 Å². The fourth-order valence-electron chi connectivity index (χ4n) is 5.73. The van der Waals surface area contributed by atoms with E-state index < -0.39 is 5.60 Å². The van der Waals surface area contributed by atoms with E-state index in [1.807, 2.05) is 45.4 Å². The molecule has 0 atom stereocenters. The second kappa shape index (κ2) is 16.4. The molecule has 6 rings (SSSR count). The molecular weight excluding hydrogens is 596 g/mol. The standard InChI is InChI=1S/C21H19N3O.C16H31NO5/c1-24-19-9-10-22-13-18(19)17-7-5-14(11-20(17)24)15-6-8-21(23-12-15)25-16-3-2-4-16;1-16(2,3)22-15(18)17-8-6-14(7-9-17)21-13-12-20-11-5-10-19-4/h5-13,16H,2-4H2,1H3;14H,5-13H2,1-4H3. The molecule has 47 heavy (non-hydrogen) atoms. The Morgan fingerprint density at radius 2 is 1.66 bits per heavy atom. The zero-order valence-corrected chi connectivity index (χ0v) is 28.6. The summed E-state index contributed by atoms with van der Waals surface area (Å²) in [6.07, 6.45) is 12.2. The molecular formula is C37H50N4O6. The highest BCUT2D eigenvalue weighted by Gasteiger charge is 2.27. The lowest BCUT2D eigenvalue weighted by Gasteiger charge is -2.33. The monoisotopic (exact) mass is 646 g/mol. The van der Waals surface area contributed by atoms with Crippen molar-refractivity contribution in [2.45, 2.75) is 77.1 Å². The number of pyridine rings is 2. The lowest BCUT2D eigenvalue weighted by molar-refractivity contribution is -0.0305. The molecule has 1 aliphatic carbocycles. The van der Waals surface area contributed by atoms with E-state index in [0.717, 1.165) is 55.7 Å². The van der Waals surface area contributed by atoms with E-state index in [9.17, 15) is 4.79 Å². The van der Waals surface area contributed by atoms with Gasteiger partial charge in [-0.15, -0.1) is 0 Å². The third-order valence-corrected chi connectivity index (χ3v) is 8.53. The second-order valence-electron chi connectivity index (χ2n) is 13.2. The minimum Gasteiger partial charge on any atom is -0.474 e. The Balaban J connectivity index is 0.000000187. The maximum absolute atomic E-state index is 11.9. The maximum atomic E-state index is 11.9. The van der Waals surface area contributed by atoms with E-state index in [-0.39, 0.29) is 12.2 Å². The Kier molecular flexibility index (Phi) is 12.1. The number of aromatic nitrogens is 3. The number of carbonyl (C=O) groups excluding carboxylic acids is 1. The van der Waals surface area contributed by atoms with Crippen LogP contribution in [0.25, 0.3) is 32.9 Å². The molecule has 1 saturated heterocycles. The number of amides is 1. The van der Waals surface area contributed by atoms with E-state index in [1.54, 1.807) is 12.0 Å². The highest BCUT2D eigenvalue weighted by Crippen LogP contribution is 2.32. The smallest absolute Gasteiger partial charge is 0.410 e. The number of piperidine rings is 1. The fraction of sp³-hybridized carbons (Fsp3) is 0.541. The van der Waals surface area contributed by atoms with Gasteiger partial charge in [-0.05, 0) is 83.1 Å². The highest BCUT2D eigenvalue weighted by atomic mass is 16.6. The van der Waals surface area contributed by atoms with Crippen molar-refractivity contribution in [3.8, 4) is 17.0 Å². The number of nitrogens with zero attached hydrogens (tertiary/aromatic N) is 4. The molecule has 1 aromatic carbocycles. The van der Waals surface area contributed by atoms with Crippen molar-refractivity contribution in [2.75, 3.05) is 46.6 Å². The quantitative estimate of drug-likeness (QED) is 0.158. The summed E-state index contributed by atoms with van der Waals surface area (Å²) in [6.45, 7) is 9.66. The number of hydrogen-bond acceptors (Lipinski definition) is 8. The van der Waals surface area contributed by atoms with Crippen LogP contribution in [0.1, 0.15) is 59.3 Å². The Bertz CT molecular complexity index is 1570. The van der Waals surface area contributed by atoms with E-state index in [1.165, 1.54) is 28.2 Å². The van der Waals surface area contributed by atoms with Crippen molar-refractivity contribution in [1.82, 2.24) is 19.4 Å². The molecule has 2 aliphatic rings. The molecule has 1 saturated carbocycles. The van der Waals surface area contributed by atoms with Crippen LogP contribution in [0.2, 0.25) is 0 Å². The van der Waals surface area contributed by atoms with Gasteiger partial charge in [0.25, 0.3) is 0 Å². The van der Waals surface area contributed by atoms with Gasteiger partial charge in [-0.25, -0.2) is 9.78 Å². The predicted molar refractivity (Wildman–Crippen MR) is 184 cm³/mol. The Morgan fingerprint density at radius 3 is 2.34 bits per heavy atom. The lowest BCUT2D eigenvalue weighted by atomic mass is 9.96. The molecule has 4 aromatic rings. The number of fused-ring (bicyclic) bond motifs is 3. The van der Waals surface area contributed by atoms with Crippen LogP contribution < -0.4 is 4.74 Å². The van der Waals surface area contributed by atoms with Gasteiger partial charge in [0.05, 0.1) is 24.8 Å². The number of benzene rings is 1. The van der Waals surface area contributed by atoms with Gasteiger partial charge in [0, 0.05) is 87.0 Å². The Hall–Kier alpha value is -3.73. The molecule has 1 aliphatic heterocycles. The zero-order valence-electron chi connectivity index (χ0n) is 28.6. The van der Waals surface area contributed by atoms with Crippen molar-refractivity contribution in [3.05, 3.63) is 55.0 Å². The first-order chi connectivity index (χ1) is 22.7. The molecule has 0 radical (unpaired) electrons. The summed E-state index contributed by atoms with van der Waals surface area (Å²) in [5, 5.41) is 2.42. The summed E-state index contributed by atoms with van der Waals surface area (Å²) >= 11 is 0. The summed E-state index contributed by atoms with van der Waals surface area (Å²) in [7, 11) is 3.79. The minimum atomic E-state index is -0.440. The normalized spacial score (nSPS) is 15.7. The molecule has 2 fully saturated rings. The first-order valence-corrected chi connectivity index (χ1v) is 16.8. The van der Waals surface area contributed by atoms with Gasteiger partial charge in [-0.1, -0.05) is 12.1 Å². The lowest BCUT2D eigenvalue weighted by Crippen LogP contribution is -2.43. The molecule has 0 bridgehead atoms. The van der Waals surface area contributed by atoms with Gasteiger partial charge < -0.3 is 33.2 Å². The number of rotatable bonds is 11. The van der Waals surface area contributed by atoms with Crippen molar-refractivity contribution in [3.63, 3.8) is 0 Å². The third kappa shape index (κ3) is 9.65. The van der Waals surface area contributed by atoms with Gasteiger partial charge in [0.2, 0.25) is 5.88 Å². The van der Waals surface area contributed by atoms with E-state index in [0.29, 0.717) is 39.0 Å². The van der Waals surface area contributed by atoms with Crippen LogP contribution in [0.5, 0.6) is 5.88 Å². The highest BCUT2D eigenvalue weighted by molar-refractivity contribution is 6.08. The van der Waals surface area contributed by atoms with Crippen molar-refractivity contribution < 1.29 is 28.5 Å². The molecule has 1 amide bonds. The average Bonchev–Trinajstić information content (AvgIpc) is 3.33. The van der Waals surface area contributed by atoms with E-state index in [4.69, 9.17) is 23.7 Å². The number of methoxy groups -OCH3 is 1. The number of ether oxygens (including phenoxy) is 5. The zero-order chi connectivity index (χ0) is 33.2. The Labute approximate surface area is 278 Å². The maximum Gasteiger partial charge on any atom is 0.410 e. The van der Waals surface area contributed by atoms with Crippen molar-refractivity contribution in [1.29, 1.82) is 0 Å². The van der Waals surface area contributed by atoms with Crippen LogP contribution in [0, 0.1) is 0 Å². The molecule has 254 valence electrons. The Morgan fingerprint density at radius 1 is 0.872 bits per heavy atom. The number of hydrogen-bond donors (Lipinski definition) is 0. The van der Waals surface area contributed by atoms with Crippen LogP contribution in [0.15, 0.2) is 55.0 Å². The molecule has 0 unspecified atom stereocenters. The molecule has 0 N–H and O–H groups in total. The second-order valence-corrected chi connectivity index (χ2v) is 13.2. The van der Waals surface area contributed by atoms with Crippen LogP contribution in [-0.2, 0) is 26.0 Å². The van der Waals surface area contributed by atoms with E-state index >= 15 is 0 Å². The number of carbonyl (C=O) groups is 1. The van der Waals surface area contributed by atoms with Crippen LogP contribution in [0.3, 0.4) is 0 Å². The molecule has 3 aromatic heterocycles. The molecule has 10 nitrogen and oxygen atoms in total. The van der Waals surface area contributed by atoms with Gasteiger partial charge in [-0.3, -0.25) is 4.98 Å². The average molecular weight is 647 g/mol. The van der Waals surface area contributed by atoms with Crippen LogP contribution in [0.4, 0.5) is 4.79 Å².